The lowest BCUT2D eigenvalue weighted by molar-refractivity contribution is 0.317. The molecule has 2 unspecified atom stereocenters. The van der Waals surface area contributed by atoms with Crippen LogP contribution in [0.5, 0.6) is 5.75 Å². The third-order valence-corrected chi connectivity index (χ3v) is 4.41. The molecular weight excluding hydrogens is 282 g/mol. The van der Waals surface area contributed by atoms with Gasteiger partial charge in [-0.15, -0.1) is 0 Å². The van der Waals surface area contributed by atoms with Crippen molar-refractivity contribution >= 4 is 11.6 Å². The van der Waals surface area contributed by atoms with Crippen LogP contribution in [0.4, 0.5) is 0 Å². The van der Waals surface area contributed by atoms with Crippen molar-refractivity contribution in [3.63, 3.8) is 0 Å². The summed E-state index contributed by atoms with van der Waals surface area (Å²) in [5, 5.41) is 4.09. The van der Waals surface area contributed by atoms with Crippen molar-refractivity contribution in [1.82, 2.24) is 5.32 Å². The summed E-state index contributed by atoms with van der Waals surface area (Å²) in [7, 11) is 2.00. The molecule has 2 atom stereocenters. The molecule has 2 aromatic carbocycles. The molecule has 3 heteroatoms. The van der Waals surface area contributed by atoms with Gasteiger partial charge in [-0.05, 0) is 43.1 Å². The van der Waals surface area contributed by atoms with E-state index in [4.69, 9.17) is 16.3 Å². The topological polar surface area (TPSA) is 21.3 Å². The molecule has 21 heavy (non-hydrogen) atoms. The lowest BCUT2D eigenvalue weighted by atomic mass is 9.86. The van der Waals surface area contributed by atoms with Crippen LogP contribution in [-0.4, -0.2) is 20.2 Å². The van der Waals surface area contributed by atoms with E-state index in [1.807, 2.05) is 25.2 Å². The molecule has 1 aliphatic rings. The van der Waals surface area contributed by atoms with E-state index in [0.29, 0.717) is 11.8 Å². The molecule has 0 amide bonds. The van der Waals surface area contributed by atoms with Gasteiger partial charge in [-0.3, -0.25) is 0 Å². The van der Waals surface area contributed by atoms with Crippen LogP contribution in [0.2, 0.25) is 5.02 Å². The fraction of sp³-hybridized carbons (Fsp3) is 0.333. The van der Waals surface area contributed by atoms with Gasteiger partial charge in [0.25, 0.3) is 0 Å². The average Bonchev–Trinajstić information content (AvgIpc) is 2.91. The Balaban J connectivity index is 1.79. The molecule has 0 radical (unpaired) electrons. The highest BCUT2D eigenvalue weighted by atomic mass is 35.5. The summed E-state index contributed by atoms with van der Waals surface area (Å²) < 4.78 is 5.80. The second-order valence-corrected chi connectivity index (χ2v) is 6.02. The van der Waals surface area contributed by atoms with Gasteiger partial charge < -0.3 is 10.1 Å². The molecule has 0 bridgehead atoms. The predicted octanol–water partition coefficient (Wildman–Crippen LogP) is 4.21. The third kappa shape index (κ3) is 3.22. The molecule has 0 saturated heterocycles. The maximum Gasteiger partial charge on any atom is 0.122 e. The lowest BCUT2D eigenvalue weighted by Gasteiger charge is -2.20. The summed E-state index contributed by atoms with van der Waals surface area (Å²) >= 11 is 6.00. The van der Waals surface area contributed by atoms with Crippen LogP contribution in [-0.2, 0) is 0 Å². The standard InChI is InChI=1S/C18H20ClNO/c1-20-11-14(13-6-8-16(19)9-7-13)10-15-12-21-18-5-3-2-4-17(15)18/h2-9,14-15,20H,10-12H2,1H3. The largest absolute Gasteiger partial charge is 0.493 e. The van der Waals surface area contributed by atoms with Crippen LogP contribution >= 0.6 is 11.6 Å². The van der Waals surface area contributed by atoms with Gasteiger partial charge in [0.15, 0.2) is 0 Å². The van der Waals surface area contributed by atoms with Gasteiger partial charge in [-0.1, -0.05) is 41.9 Å². The van der Waals surface area contributed by atoms with E-state index in [9.17, 15) is 0 Å². The molecule has 2 nitrogen and oxygen atoms in total. The monoisotopic (exact) mass is 301 g/mol. The maximum absolute atomic E-state index is 6.00. The molecule has 2 aromatic rings. The van der Waals surface area contributed by atoms with E-state index in [2.05, 4.69) is 35.6 Å². The van der Waals surface area contributed by atoms with E-state index in [1.165, 1.54) is 11.1 Å². The van der Waals surface area contributed by atoms with E-state index in [0.717, 1.165) is 30.3 Å². The van der Waals surface area contributed by atoms with Gasteiger partial charge >= 0.3 is 0 Å². The van der Waals surface area contributed by atoms with Crippen molar-refractivity contribution in [3.05, 3.63) is 64.7 Å². The number of rotatable bonds is 5. The molecule has 1 aliphatic heterocycles. The van der Waals surface area contributed by atoms with Crippen molar-refractivity contribution in [2.24, 2.45) is 0 Å². The SMILES string of the molecule is CNCC(CC1COc2ccccc21)c1ccc(Cl)cc1. The number of likely N-dealkylation sites (N-methyl/N-ethyl adjacent to an activating group) is 1. The van der Waals surface area contributed by atoms with Gasteiger partial charge in [-0.2, -0.15) is 0 Å². The molecule has 110 valence electrons. The van der Waals surface area contributed by atoms with E-state index in [1.54, 1.807) is 0 Å². The van der Waals surface area contributed by atoms with Crippen LogP contribution < -0.4 is 10.1 Å². The Morgan fingerprint density at radius 1 is 1.19 bits per heavy atom. The summed E-state index contributed by atoms with van der Waals surface area (Å²) in [4.78, 5) is 0. The van der Waals surface area contributed by atoms with E-state index in [-0.39, 0.29) is 0 Å². The summed E-state index contributed by atoms with van der Waals surface area (Å²) in [5.41, 5.74) is 2.67. The first-order valence-electron chi connectivity index (χ1n) is 7.39. The summed E-state index contributed by atoms with van der Waals surface area (Å²) in [5.74, 6) is 1.98. The van der Waals surface area contributed by atoms with E-state index < -0.39 is 0 Å². The van der Waals surface area contributed by atoms with Crippen LogP contribution in [0.1, 0.15) is 29.4 Å². The molecule has 0 spiro atoms. The molecule has 1 heterocycles. The van der Waals surface area contributed by atoms with Gasteiger partial charge in [0.2, 0.25) is 0 Å². The Morgan fingerprint density at radius 2 is 1.95 bits per heavy atom. The number of fused-ring (bicyclic) bond motifs is 1. The Hall–Kier alpha value is -1.51. The number of halogens is 1. The highest BCUT2D eigenvalue weighted by molar-refractivity contribution is 6.30. The molecule has 0 aromatic heterocycles. The van der Waals surface area contributed by atoms with Crippen molar-refractivity contribution in [2.75, 3.05) is 20.2 Å². The fourth-order valence-electron chi connectivity index (χ4n) is 3.09. The second kappa shape index (κ2) is 6.50. The van der Waals surface area contributed by atoms with Gasteiger partial charge in [-0.25, -0.2) is 0 Å². The fourth-order valence-corrected chi connectivity index (χ4v) is 3.21. The summed E-state index contributed by atoms with van der Waals surface area (Å²) in [6, 6.07) is 16.6. The van der Waals surface area contributed by atoms with Crippen molar-refractivity contribution in [1.29, 1.82) is 0 Å². The van der Waals surface area contributed by atoms with Gasteiger partial charge in [0, 0.05) is 23.0 Å². The van der Waals surface area contributed by atoms with Crippen LogP contribution in [0.15, 0.2) is 48.5 Å². The number of hydrogen-bond acceptors (Lipinski definition) is 2. The average molecular weight is 302 g/mol. The quantitative estimate of drug-likeness (QED) is 0.893. The molecule has 3 rings (SSSR count). The van der Waals surface area contributed by atoms with Crippen molar-refractivity contribution in [3.8, 4) is 5.75 Å². The Morgan fingerprint density at radius 3 is 2.71 bits per heavy atom. The Labute approximate surface area is 131 Å². The number of nitrogens with one attached hydrogen (secondary N) is 1. The Kier molecular flexibility index (Phi) is 4.47. The van der Waals surface area contributed by atoms with Crippen LogP contribution in [0.25, 0.3) is 0 Å². The third-order valence-electron chi connectivity index (χ3n) is 4.16. The zero-order chi connectivity index (χ0) is 14.7. The maximum atomic E-state index is 6.00. The second-order valence-electron chi connectivity index (χ2n) is 5.59. The molecule has 1 N–H and O–H groups in total. The first-order chi connectivity index (χ1) is 10.3. The number of para-hydroxylation sites is 1. The van der Waals surface area contributed by atoms with Gasteiger partial charge in [0.05, 0.1) is 6.61 Å². The van der Waals surface area contributed by atoms with Crippen LogP contribution in [0, 0.1) is 0 Å². The first kappa shape index (κ1) is 14.4. The first-order valence-corrected chi connectivity index (χ1v) is 7.77. The zero-order valence-corrected chi connectivity index (χ0v) is 12.9. The van der Waals surface area contributed by atoms with Crippen molar-refractivity contribution < 1.29 is 4.74 Å². The number of ether oxygens (including phenoxy) is 1. The Bertz CT molecular complexity index is 596. The minimum atomic E-state index is 0.465. The molecule has 0 fully saturated rings. The summed E-state index contributed by atoms with van der Waals surface area (Å²) in [6.45, 7) is 1.74. The number of benzene rings is 2. The molecular formula is C18H20ClNO. The highest BCUT2D eigenvalue weighted by Gasteiger charge is 2.27. The van der Waals surface area contributed by atoms with E-state index >= 15 is 0 Å². The molecule has 0 aliphatic carbocycles. The smallest absolute Gasteiger partial charge is 0.122 e. The highest BCUT2D eigenvalue weighted by Crippen LogP contribution is 2.39. The molecule has 0 saturated carbocycles. The van der Waals surface area contributed by atoms with Gasteiger partial charge in [0.1, 0.15) is 5.75 Å². The minimum absolute atomic E-state index is 0.465. The predicted molar refractivity (Wildman–Crippen MR) is 87.4 cm³/mol. The summed E-state index contributed by atoms with van der Waals surface area (Å²) in [6.07, 6.45) is 1.08. The number of hydrogen-bond donors (Lipinski definition) is 1. The minimum Gasteiger partial charge on any atom is -0.493 e. The zero-order valence-electron chi connectivity index (χ0n) is 12.2. The van der Waals surface area contributed by atoms with Crippen molar-refractivity contribution in [2.45, 2.75) is 18.3 Å². The van der Waals surface area contributed by atoms with Crippen LogP contribution in [0.3, 0.4) is 0 Å². The lowest BCUT2D eigenvalue weighted by Crippen LogP contribution is -2.20. The normalized spacial score (nSPS) is 18.1.